The van der Waals surface area contributed by atoms with E-state index in [1.165, 1.54) is 57.1 Å². The van der Waals surface area contributed by atoms with Crippen molar-refractivity contribution < 1.29 is 0 Å². The molecule has 0 saturated carbocycles. The van der Waals surface area contributed by atoms with Gasteiger partial charge >= 0.3 is 0 Å². The minimum atomic E-state index is 1.10. The van der Waals surface area contributed by atoms with E-state index in [0.717, 1.165) is 6.54 Å². The third kappa shape index (κ3) is 7.94. The summed E-state index contributed by atoms with van der Waals surface area (Å²) in [5, 5.41) is 3.45. The van der Waals surface area contributed by atoms with Crippen LogP contribution in [0.2, 0.25) is 0 Å². The van der Waals surface area contributed by atoms with Gasteiger partial charge in [-0.25, -0.2) is 0 Å². The van der Waals surface area contributed by atoms with Gasteiger partial charge in [-0.2, -0.15) is 0 Å². The topological polar surface area (TPSA) is 12.0 Å². The predicted octanol–water partition coefficient (Wildman–Crippen LogP) is 5.41. The molecule has 0 aliphatic heterocycles. The van der Waals surface area contributed by atoms with E-state index in [-0.39, 0.29) is 0 Å². The lowest BCUT2D eigenvalue weighted by Crippen LogP contribution is -2.00. The number of para-hydroxylation sites is 1. The van der Waals surface area contributed by atoms with Crippen molar-refractivity contribution in [1.82, 2.24) is 0 Å². The van der Waals surface area contributed by atoms with Gasteiger partial charge in [0.1, 0.15) is 0 Å². The van der Waals surface area contributed by atoms with Crippen LogP contribution >= 0.6 is 0 Å². The van der Waals surface area contributed by atoms with Gasteiger partial charge in [0.15, 0.2) is 0 Å². The second-order valence-electron chi connectivity index (χ2n) is 4.85. The van der Waals surface area contributed by atoms with Crippen LogP contribution in [-0.4, -0.2) is 6.54 Å². The van der Waals surface area contributed by atoms with Crippen LogP contribution in [-0.2, 0) is 0 Å². The van der Waals surface area contributed by atoms with Crippen LogP contribution < -0.4 is 5.32 Å². The van der Waals surface area contributed by atoms with E-state index in [0.29, 0.717) is 0 Å². The molecule has 1 nitrogen and oxygen atoms in total. The van der Waals surface area contributed by atoms with Crippen LogP contribution in [0.4, 0.5) is 5.69 Å². The third-order valence-corrected chi connectivity index (χ3v) is 3.19. The monoisotopic (exact) mass is 245 g/mol. The first-order chi connectivity index (χ1) is 8.93. The highest BCUT2D eigenvalue weighted by Crippen LogP contribution is 2.09. The Morgan fingerprint density at radius 3 is 2.11 bits per heavy atom. The molecule has 0 aromatic heterocycles. The summed E-state index contributed by atoms with van der Waals surface area (Å²) in [7, 11) is 0. The number of allylic oxidation sites excluding steroid dienone is 1. The number of rotatable bonds is 11. The number of hydrogen-bond donors (Lipinski definition) is 1. The molecule has 0 spiro atoms. The number of nitrogens with one attached hydrogen (secondary N) is 1. The Balaban J connectivity index is 1.83. The molecule has 0 heterocycles. The first-order valence-corrected chi connectivity index (χ1v) is 7.33. The fourth-order valence-corrected chi connectivity index (χ4v) is 2.09. The Morgan fingerprint density at radius 1 is 0.833 bits per heavy atom. The average molecular weight is 245 g/mol. The van der Waals surface area contributed by atoms with Gasteiger partial charge in [0.25, 0.3) is 0 Å². The SMILES string of the molecule is C=CCCCCCCCCCNc1ccccc1. The van der Waals surface area contributed by atoms with E-state index >= 15 is 0 Å². The molecule has 0 atom stereocenters. The first kappa shape index (κ1) is 14.8. The quantitative estimate of drug-likeness (QED) is 0.406. The zero-order valence-electron chi connectivity index (χ0n) is 11.5. The maximum atomic E-state index is 3.75. The van der Waals surface area contributed by atoms with Crippen molar-refractivity contribution >= 4 is 5.69 Å². The summed E-state index contributed by atoms with van der Waals surface area (Å²) in [6.07, 6.45) is 12.7. The largest absolute Gasteiger partial charge is 0.385 e. The van der Waals surface area contributed by atoms with Crippen LogP contribution in [0.25, 0.3) is 0 Å². The van der Waals surface area contributed by atoms with E-state index in [9.17, 15) is 0 Å². The highest BCUT2D eigenvalue weighted by molar-refractivity contribution is 5.42. The van der Waals surface area contributed by atoms with E-state index in [1.807, 2.05) is 6.08 Å². The Kier molecular flexibility index (Phi) is 8.96. The van der Waals surface area contributed by atoms with Gasteiger partial charge in [-0.1, -0.05) is 56.4 Å². The molecule has 1 rings (SSSR count). The normalized spacial score (nSPS) is 10.2. The molecule has 0 saturated heterocycles. The Morgan fingerprint density at radius 2 is 1.44 bits per heavy atom. The molecular formula is C17H27N. The highest BCUT2D eigenvalue weighted by atomic mass is 14.9. The van der Waals surface area contributed by atoms with Crippen LogP contribution in [0, 0.1) is 0 Å². The molecule has 100 valence electrons. The van der Waals surface area contributed by atoms with E-state index in [4.69, 9.17) is 0 Å². The summed E-state index contributed by atoms with van der Waals surface area (Å²) < 4.78 is 0. The molecular weight excluding hydrogens is 218 g/mol. The first-order valence-electron chi connectivity index (χ1n) is 7.33. The maximum Gasteiger partial charge on any atom is 0.0340 e. The summed E-state index contributed by atoms with van der Waals surface area (Å²) in [6.45, 7) is 4.84. The number of unbranched alkanes of at least 4 members (excludes halogenated alkanes) is 7. The van der Waals surface area contributed by atoms with E-state index in [1.54, 1.807) is 0 Å². The van der Waals surface area contributed by atoms with Crippen molar-refractivity contribution in [3.63, 3.8) is 0 Å². The van der Waals surface area contributed by atoms with Crippen molar-refractivity contribution in [3.05, 3.63) is 43.0 Å². The molecule has 0 aliphatic rings. The Labute approximate surface area is 112 Å². The molecule has 1 aromatic rings. The van der Waals surface area contributed by atoms with Crippen molar-refractivity contribution in [1.29, 1.82) is 0 Å². The van der Waals surface area contributed by atoms with Gasteiger partial charge < -0.3 is 5.32 Å². The molecule has 1 N–H and O–H groups in total. The Bertz CT molecular complexity index is 292. The van der Waals surface area contributed by atoms with Gasteiger partial charge in [-0.05, 0) is 31.4 Å². The molecule has 18 heavy (non-hydrogen) atoms. The molecule has 0 fully saturated rings. The Hall–Kier alpha value is -1.24. The van der Waals surface area contributed by atoms with Crippen LogP contribution in [0.1, 0.15) is 51.4 Å². The van der Waals surface area contributed by atoms with Crippen molar-refractivity contribution in [2.45, 2.75) is 51.4 Å². The smallest absolute Gasteiger partial charge is 0.0340 e. The van der Waals surface area contributed by atoms with Crippen LogP contribution in [0.5, 0.6) is 0 Å². The van der Waals surface area contributed by atoms with Crippen molar-refractivity contribution in [2.75, 3.05) is 11.9 Å². The van der Waals surface area contributed by atoms with Crippen molar-refractivity contribution in [2.24, 2.45) is 0 Å². The zero-order valence-corrected chi connectivity index (χ0v) is 11.5. The molecule has 1 aromatic carbocycles. The second kappa shape index (κ2) is 10.9. The van der Waals surface area contributed by atoms with E-state index in [2.05, 4.69) is 42.2 Å². The molecule has 0 unspecified atom stereocenters. The summed E-state index contributed by atoms with van der Waals surface area (Å²) in [4.78, 5) is 0. The van der Waals surface area contributed by atoms with Crippen molar-refractivity contribution in [3.8, 4) is 0 Å². The lowest BCUT2D eigenvalue weighted by atomic mass is 10.1. The molecule has 0 amide bonds. The molecule has 1 heteroatoms. The number of anilines is 1. The lowest BCUT2D eigenvalue weighted by Gasteiger charge is -2.05. The molecule has 0 aliphatic carbocycles. The van der Waals surface area contributed by atoms with Gasteiger partial charge in [-0.15, -0.1) is 6.58 Å². The fourth-order valence-electron chi connectivity index (χ4n) is 2.09. The van der Waals surface area contributed by atoms with Gasteiger partial charge in [0.2, 0.25) is 0 Å². The molecule has 0 bridgehead atoms. The minimum Gasteiger partial charge on any atom is -0.385 e. The fraction of sp³-hybridized carbons (Fsp3) is 0.529. The summed E-state index contributed by atoms with van der Waals surface area (Å²) >= 11 is 0. The summed E-state index contributed by atoms with van der Waals surface area (Å²) in [6, 6.07) is 10.5. The van der Waals surface area contributed by atoms with Gasteiger partial charge in [0.05, 0.1) is 0 Å². The van der Waals surface area contributed by atoms with Gasteiger partial charge in [0, 0.05) is 12.2 Å². The molecule has 0 radical (unpaired) electrons. The van der Waals surface area contributed by atoms with E-state index < -0.39 is 0 Å². The maximum absolute atomic E-state index is 3.75. The second-order valence-corrected chi connectivity index (χ2v) is 4.85. The van der Waals surface area contributed by atoms with Crippen LogP contribution in [0.15, 0.2) is 43.0 Å². The highest BCUT2D eigenvalue weighted by Gasteiger charge is 1.92. The van der Waals surface area contributed by atoms with Gasteiger partial charge in [-0.3, -0.25) is 0 Å². The standard InChI is InChI=1S/C17H27N/c1-2-3-4-5-6-7-8-9-13-16-18-17-14-11-10-12-15-17/h2,10-12,14-15,18H,1,3-9,13,16H2. The van der Waals surface area contributed by atoms with Crippen LogP contribution in [0.3, 0.4) is 0 Å². The average Bonchev–Trinajstić information content (AvgIpc) is 2.42. The number of hydrogen-bond acceptors (Lipinski definition) is 1. The minimum absolute atomic E-state index is 1.10. The third-order valence-electron chi connectivity index (χ3n) is 3.19. The summed E-state index contributed by atoms with van der Waals surface area (Å²) in [5.41, 5.74) is 1.24. The zero-order chi connectivity index (χ0) is 12.9. The predicted molar refractivity (Wildman–Crippen MR) is 82.1 cm³/mol. The summed E-state index contributed by atoms with van der Waals surface area (Å²) in [5.74, 6) is 0. The lowest BCUT2D eigenvalue weighted by molar-refractivity contribution is 0.587. The number of benzene rings is 1.